The molecule has 1 nitrogen and oxygen atoms in total. The number of aliphatic hydroxyl groups excluding tert-OH is 1. The van der Waals surface area contributed by atoms with Crippen LogP contribution in [0.25, 0.3) is 0 Å². The first kappa shape index (κ1) is 10.5. The average molecular weight is 210 g/mol. The van der Waals surface area contributed by atoms with E-state index in [9.17, 15) is 13.2 Å². The van der Waals surface area contributed by atoms with Crippen molar-refractivity contribution >= 4 is 11.3 Å². The Morgan fingerprint density at radius 3 is 2.46 bits per heavy atom. The van der Waals surface area contributed by atoms with Crippen LogP contribution in [0.5, 0.6) is 0 Å². The van der Waals surface area contributed by atoms with Crippen molar-refractivity contribution < 1.29 is 18.3 Å². The van der Waals surface area contributed by atoms with Crippen molar-refractivity contribution in [3.05, 3.63) is 21.9 Å². The maximum absolute atomic E-state index is 11.9. The molecule has 0 fully saturated rings. The summed E-state index contributed by atoms with van der Waals surface area (Å²) in [5.74, 6) is 0. The SMILES string of the molecule is Cc1cscc1CC(O)C(F)(F)F. The van der Waals surface area contributed by atoms with Crippen molar-refractivity contribution in [3.8, 4) is 0 Å². The minimum atomic E-state index is -4.52. The average Bonchev–Trinajstić information content (AvgIpc) is 2.34. The first-order valence-electron chi connectivity index (χ1n) is 3.67. The first-order chi connectivity index (χ1) is 5.91. The van der Waals surface area contributed by atoms with Crippen molar-refractivity contribution in [2.45, 2.75) is 25.6 Å². The van der Waals surface area contributed by atoms with Crippen LogP contribution in [0.15, 0.2) is 10.8 Å². The summed E-state index contributed by atoms with van der Waals surface area (Å²) in [6.45, 7) is 1.73. The van der Waals surface area contributed by atoms with Crippen molar-refractivity contribution in [1.29, 1.82) is 0 Å². The summed E-state index contributed by atoms with van der Waals surface area (Å²) in [5, 5.41) is 12.2. The van der Waals surface area contributed by atoms with E-state index >= 15 is 0 Å². The number of aryl methyl sites for hydroxylation is 1. The molecule has 0 saturated carbocycles. The monoisotopic (exact) mass is 210 g/mol. The lowest BCUT2D eigenvalue weighted by Gasteiger charge is -2.13. The summed E-state index contributed by atoms with van der Waals surface area (Å²) in [7, 11) is 0. The van der Waals surface area contributed by atoms with Crippen LogP contribution in [0.1, 0.15) is 11.1 Å². The summed E-state index contributed by atoms with van der Waals surface area (Å²) in [6, 6.07) is 0. The zero-order chi connectivity index (χ0) is 10.1. The van der Waals surface area contributed by atoms with Gasteiger partial charge >= 0.3 is 6.18 Å². The molecule has 0 radical (unpaired) electrons. The van der Waals surface area contributed by atoms with Crippen molar-refractivity contribution in [3.63, 3.8) is 0 Å². The lowest BCUT2D eigenvalue weighted by Crippen LogP contribution is -2.30. The normalized spacial score (nSPS) is 14.5. The highest BCUT2D eigenvalue weighted by atomic mass is 32.1. The molecule has 74 valence electrons. The zero-order valence-corrected chi connectivity index (χ0v) is 7.75. The predicted molar refractivity (Wildman–Crippen MR) is 44.8 cm³/mol. The van der Waals surface area contributed by atoms with Gasteiger partial charge in [0.1, 0.15) is 0 Å². The summed E-state index contributed by atoms with van der Waals surface area (Å²) in [5.41, 5.74) is 1.36. The van der Waals surface area contributed by atoms with E-state index in [0.717, 1.165) is 5.56 Å². The molecule has 5 heteroatoms. The Morgan fingerprint density at radius 1 is 1.46 bits per heavy atom. The van der Waals surface area contributed by atoms with Crippen LogP contribution < -0.4 is 0 Å². The van der Waals surface area contributed by atoms with Gasteiger partial charge in [0.2, 0.25) is 0 Å². The minimum absolute atomic E-state index is 0.348. The quantitative estimate of drug-likeness (QED) is 0.795. The summed E-state index contributed by atoms with van der Waals surface area (Å²) < 4.78 is 35.8. The molecule has 0 spiro atoms. The number of halogens is 3. The van der Waals surface area contributed by atoms with Gasteiger partial charge in [-0.1, -0.05) is 0 Å². The lowest BCUT2D eigenvalue weighted by atomic mass is 10.1. The largest absolute Gasteiger partial charge is 0.414 e. The van der Waals surface area contributed by atoms with Gasteiger partial charge in [-0.3, -0.25) is 0 Å². The molecule has 0 aliphatic rings. The van der Waals surface area contributed by atoms with Gasteiger partial charge in [-0.2, -0.15) is 24.5 Å². The fraction of sp³-hybridized carbons (Fsp3) is 0.500. The number of hydrogen-bond acceptors (Lipinski definition) is 2. The van der Waals surface area contributed by atoms with Crippen LogP contribution in [0.2, 0.25) is 0 Å². The molecular weight excluding hydrogens is 201 g/mol. The van der Waals surface area contributed by atoms with Crippen LogP contribution in [0.3, 0.4) is 0 Å². The fourth-order valence-electron chi connectivity index (χ4n) is 0.920. The molecule has 1 unspecified atom stereocenters. The first-order valence-corrected chi connectivity index (χ1v) is 4.62. The van der Waals surface area contributed by atoms with E-state index in [4.69, 9.17) is 5.11 Å². The van der Waals surface area contributed by atoms with Gasteiger partial charge in [-0.25, -0.2) is 0 Å². The molecule has 1 N–H and O–H groups in total. The number of hydrogen-bond donors (Lipinski definition) is 1. The number of rotatable bonds is 2. The molecule has 1 rings (SSSR count). The van der Waals surface area contributed by atoms with Crippen LogP contribution in [-0.4, -0.2) is 17.4 Å². The van der Waals surface area contributed by atoms with Gasteiger partial charge in [0.25, 0.3) is 0 Å². The highest BCUT2D eigenvalue weighted by Crippen LogP contribution is 2.25. The van der Waals surface area contributed by atoms with E-state index < -0.39 is 12.3 Å². The van der Waals surface area contributed by atoms with Gasteiger partial charge in [-0.15, -0.1) is 0 Å². The Labute approximate surface area is 77.8 Å². The molecular formula is C8H9F3OS. The highest BCUT2D eigenvalue weighted by Gasteiger charge is 2.38. The molecule has 0 aliphatic heterocycles. The van der Waals surface area contributed by atoms with Gasteiger partial charge < -0.3 is 5.11 Å². The van der Waals surface area contributed by atoms with Crippen LogP contribution >= 0.6 is 11.3 Å². The predicted octanol–water partition coefficient (Wildman–Crippen LogP) is 2.52. The molecule has 0 aromatic carbocycles. The van der Waals surface area contributed by atoms with Crippen LogP contribution in [0.4, 0.5) is 13.2 Å². The van der Waals surface area contributed by atoms with E-state index in [1.165, 1.54) is 11.3 Å². The smallest absolute Gasteiger partial charge is 0.383 e. The summed E-state index contributed by atoms with van der Waals surface area (Å²) in [4.78, 5) is 0. The van der Waals surface area contributed by atoms with Gasteiger partial charge in [0.15, 0.2) is 6.10 Å². The lowest BCUT2D eigenvalue weighted by molar-refractivity contribution is -0.203. The minimum Gasteiger partial charge on any atom is -0.383 e. The standard InChI is InChI=1S/C8H9F3OS/c1-5-3-13-4-6(5)2-7(12)8(9,10)11/h3-4,7,12H,2H2,1H3. The van der Waals surface area contributed by atoms with E-state index in [0.29, 0.717) is 5.56 Å². The molecule has 1 heterocycles. The van der Waals surface area contributed by atoms with Gasteiger partial charge in [0, 0.05) is 6.42 Å². The molecule has 1 aromatic heterocycles. The van der Waals surface area contributed by atoms with E-state index in [1.807, 2.05) is 0 Å². The molecule has 0 aliphatic carbocycles. The van der Waals surface area contributed by atoms with E-state index in [2.05, 4.69) is 0 Å². The Morgan fingerprint density at radius 2 is 2.08 bits per heavy atom. The number of aliphatic hydroxyl groups is 1. The molecule has 0 amide bonds. The van der Waals surface area contributed by atoms with E-state index in [1.54, 1.807) is 17.7 Å². The van der Waals surface area contributed by atoms with Gasteiger partial charge in [0.05, 0.1) is 0 Å². The number of thiophene rings is 1. The van der Waals surface area contributed by atoms with Crippen molar-refractivity contribution in [2.24, 2.45) is 0 Å². The molecule has 1 atom stereocenters. The zero-order valence-electron chi connectivity index (χ0n) is 6.93. The third-order valence-electron chi connectivity index (χ3n) is 1.75. The van der Waals surface area contributed by atoms with Crippen LogP contribution in [-0.2, 0) is 6.42 Å². The van der Waals surface area contributed by atoms with Crippen LogP contribution in [0, 0.1) is 6.92 Å². The number of alkyl halides is 3. The third kappa shape index (κ3) is 2.70. The topological polar surface area (TPSA) is 20.2 Å². The summed E-state index contributed by atoms with van der Waals surface area (Å²) in [6.07, 6.45) is -7.12. The molecule has 1 aromatic rings. The molecule has 0 bridgehead atoms. The third-order valence-corrected chi connectivity index (χ3v) is 2.66. The maximum atomic E-state index is 11.9. The second kappa shape index (κ2) is 3.67. The molecule has 13 heavy (non-hydrogen) atoms. The highest BCUT2D eigenvalue weighted by molar-refractivity contribution is 7.08. The maximum Gasteiger partial charge on any atom is 0.414 e. The Bertz CT molecular complexity index is 279. The second-order valence-corrected chi connectivity index (χ2v) is 3.59. The van der Waals surface area contributed by atoms with E-state index in [-0.39, 0.29) is 6.42 Å². The fourth-order valence-corrected chi connectivity index (χ4v) is 1.79. The summed E-state index contributed by atoms with van der Waals surface area (Å²) >= 11 is 1.34. The Kier molecular flexibility index (Phi) is 2.98. The second-order valence-electron chi connectivity index (χ2n) is 2.84. The van der Waals surface area contributed by atoms with Crippen molar-refractivity contribution in [2.75, 3.05) is 0 Å². The Balaban J connectivity index is 2.65. The Hall–Kier alpha value is -0.550. The molecule has 0 saturated heterocycles. The van der Waals surface area contributed by atoms with Crippen molar-refractivity contribution in [1.82, 2.24) is 0 Å². The van der Waals surface area contributed by atoms with Gasteiger partial charge in [-0.05, 0) is 28.8 Å².